The van der Waals surface area contributed by atoms with E-state index in [0.717, 1.165) is 17.3 Å². The van der Waals surface area contributed by atoms with Crippen molar-refractivity contribution < 1.29 is 0 Å². The van der Waals surface area contributed by atoms with E-state index in [4.69, 9.17) is 0 Å². The van der Waals surface area contributed by atoms with Crippen LogP contribution in [-0.2, 0) is 0 Å². The lowest BCUT2D eigenvalue weighted by Gasteiger charge is -2.17. The monoisotopic (exact) mass is 178 g/mol. The summed E-state index contributed by atoms with van der Waals surface area (Å²) in [6, 6.07) is 0. The van der Waals surface area contributed by atoms with Crippen molar-refractivity contribution in [2.24, 2.45) is 23.2 Å². The normalized spacial score (nSPS) is 33.0. The Bertz CT molecular complexity index is 194. The fourth-order valence-electron chi connectivity index (χ4n) is 3.13. The Balaban J connectivity index is 1.46. The zero-order chi connectivity index (χ0) is 8.89. The van der Waals surface area contributed by atoms with E-state index in [1.165, 1.54) is 18.8 Å². The van der Waals surface area contributed by atoms with Gasteiger partial charge < -0.3 is 0 Å². The fourth-order valence-corrected chi connectivity index (χ4v) is 3.13. The minimum atomic E-state index is 0.906. The summed E-state index contributed by atoms with van der Waals surface area (Å²) in [6.07, 6.45) is 12.5. The Morgan fingerprint density at radius 2 is 1.85 bits per heavy atom. The molecule has 0 N–H and O–H groups in total. The fraction of sp³-hybridized carbons (Fsp3) is 1.00. The van der Waals surface area contributed by atoms with E-state index >= 15 is 0 Å². The van der Waals surface area contributed by atoms with Crippen LogP contribution in [-0.4, -0.2) is 0 Å². The highest BCUT2D eigenvalue weighted by molar-refractivity contribution is 5.03. The summed E-state index contributed by atoms with van der Waals surface area (Å²) in [4.78, 5) is 0. The van der Waals surface area contributed by atoms with Crippen molar-refractivity contribution in [2.75, 3.05) is 0 Å². The van der Waals surface area contributed by atoms with Crippen molar-refractivity contribution >= 4 is 0 Å². The first-order chi connectivity index (χ1) is 6.30. The van der Waals surface area contributed by atoms with Crippen molar-refractivity contribution in [3.05, 3.63) is 0 Å². The molecule has 0 aromatic heterocycles. The summed E-state index contributed by atoms with van der Waals surface area (Å²) in [5.41, 5.74) is 0.906. The third kappa shape index (κ3) is 1.65. The third-order valence-corrected chi connectivity index (χ3v) is 4.86. The van der Waals surface area contributed by atoms with Crippen molar-refractivity contribution in [3.63, 3.8) is 0 Å². The van der Waals surface area contributed by atoms with E-state index in [1.54, 1.807) is 38.5 Å². The molecule has 3 aliphatic carbocycles. The topological polar surface area (TPSA) is 0 Å². The summed E-state index contributed by atoms with van der Waals surface area (Å²) in [5.74, 6) is 3.37. The number of hydrogen-bond acceptors (Lipinski definition) is 0. The summed E-state index contributed by atoms with van der Waals surface area (Å²) in [6.45, 7) is 2.49. The molecule has 0 radical (unpaired) electrons. The molecule has 0 spiro atoms. The van der Waals surface area contributed by atoms with Gasteiger partial charge in [-0.15, -0.1) is 0 Å². The molecule has 0 saturated heterocycles. The van der Waals surface area contributed by atoms with Crippen molar-refractivity contribution in [3.8, 4) is 0 Å². The molecule has 1 unspecified atom stereocenters. The lowest BCUT2D eigenvalue weighted by molar-refractivity contribution is 0.336. The highest BCUT2D eigenvalue weighted by Gasteiger charge is 2.53. The number of rotatable bonds is 5. The second-order valence-electron chi connectivity index (χ2n) is 5.99. The Labute approximate surface area is 82.1 Å². The van der Waals surface area contributed by atoms with E-state index < -0.39 is 0 Å². The van der Waals surface area contributed by atoms with E-state index in [2.05, 4.69) is 6.92 Å². The average Bonchev–Trinajstić information content (AvgIpc) is 3.04. The van der Waals surface area contributed by atoms with Gasteiger partial charge in [0.05, 0.1) is 0 Å². The first kappa shape index (κ1) is 8.32. The molecule has 3 rings (SSSR count). The van der Waals surface area contributed by atoms with Gasteiger partial charge in [-0.1, -0.05) is 6.92 Å². The molecule has 1 atom stereocenters. The summed E-state index contributed by atoms with van der Waals surface area (Å²) >= 11 is 0. The van der Waals surface area contributed by atoms with E-state index in [9.17, 15) is 0 Å². The maximum Gasteiger partial charge on any atom is -0.0269 e. The van der Waals surface area contributed by atoms with Gasteiger partial charge in [-0.25, -0.2) is 0 Å². The molecule has 0 bridgehead atoms. The third-order valence-electron chi connectivity index (χ3n) is 4.86. The second kappa shape index (κ2) is 2.74. The van der Waals surface area contributed by atoms with Gasteiger partial charge in [-0.3, -0.25) is 0 Å². The zero-order valence-electron chi connectivity index (χ0n) is 8.89. The van der Waals surface area contributed by atoms with Gasteiger partial charge in [-0.2, -0.15) is 0 Å². The standard InChI is InChI=1S/C13H22/c1-10(11-2-3-11)6-7-13(8-9-13)12-4-5-12/h10-12H,2-9H2,1H3. The van der Waals surface area contributed by atoms with Crippen LogP contribution in [0.15, 0.2) is 0 Å². The second-order valence-corrected chi connectivity index (χ2v) is 5.99. The summed E-state index contributed by atoms with van der Waals surface area (Å²) < 4.78 is 0. The van der Waals surface area contributed by atoms with Gasteiger partial charge in [0.15, 0.2) is 0 Å². The largest absolute Gasteiger partial charge is 0.0622 e. The molecule has 0 nitrogen and oxygen atoms in total. The molecule has 0 aromatic carbocycles. The Morgan fingerprint density at radius 3 is 2.31 bits per heavy atom. The van der Waals surface area contributed by atoms with Gasteiger partial charge in [0.25, 0.3) is 0 Å². The maximum atomic E-state index is 2.49. The Morgan fingerprint density at radius 1 is 1.15 bits per heavy atom. The van der Waals surface area contributed by atoms with Crippen molar-refractivity contribution in [2.45, 2.75) is 58.3 Å². The van der Waals surface area contributed by atoms with Crippen LogP contribution in [0.25, 0.3) is 0 Å². The molecule has 0 amide bonds. The minimum absolute atomic E-state index is 0.906. The average molecular weight is 178 g/mol. The SMILES string of the molecule is CC(CCC1(C2CC2)CC1)C1CC1. The van der Waals surface area contributed by atoms with Gasteiger partial charge in [0.2, 0.25) is 0 Å². The van der Waals surface area contributed by atoms with E-state index in [-0.39, 0.29) is 0 Å². The quantitative estimate of drug-likeness (QED) is 0.597. The molecule has 0 heterocycles. The van der Waals surface area contributed by atoms with Crippen LogP contribution in [0.3, 0.4) is 0 Å². The minimum Gasteiger partial charge on any atom is -0.0622 e. The predicted molar refractivity (Wildman–Crippen MR) is 55.5 cm³/mol. The molecule has 74 valence electrons. The molecule has 13 heavy (non-hydrogen) atoms. The van der Waals surface area contributed by atoms with Gasteiger partial charge in [0, 0.05) is 0 Å². The Hall–Kier alpha value is 0. The molecule has 0 aliphatic heterocycles. The summed E-state index contributed by atoms with van der Waals surface area (Å²) in [7, 11) is 0. The van der Waals surface area contributed by atoms with Gasteiger partial charge in [-0.05, 0) is 74.5 Å². The van der Waals surface area contributed by atoms with Crippen LogP contribution in [0.5, 0.6) is 0 Å². The first-order valence-electron chi connectivity index (χ1n) is 6.30. The van der Waals surface area contributed by atoms with Crippen molar-refractivity contribution in [1.29, 1.82) is 0 Å². The van der Waals surface area contributed by atoms with E-state index in [1.807, 2.05) is 0 Å². The lowest BCUT2D eigenvalue weighted by Crippen LogP contribution is -2.07. The van der Waals surface area contributed by atoms with Crippen LogP contribution < -0.4 is 0 Å². The highest BCUT2D eigenvalue weighted by Crippen LogP contribution is 2.64. The van der Waals surface area contributed by atoms with E-state index in [0.29, 0.717) is 0 Å². The molecule has 0 aromatic rings. The van der Waals surface area contributed by atoms with Crippen LogP contribution >= 0.6 is 0 Å². The lowest BCUT2D eigenvalue weighted by atomic mass is 9.89. The van der Waals surface area contributed by atoms with Gasteiger partial charge in [0.1, 0.15) is 0 Å². The summed E-state index contributed by atoms with van der Waals surface area (Å²) in [5, 5.41) is 0. The van der Waals surface area contributed by atoms with Crippen molar-refractivity contribution in [1.82, 2.24) is 0 Å². The molecule has 3 fully saturated rings. The molecule has 0 heteroatoms. The van der Waals surface area contributed by atoms with Crippen LogP contribution in [0.4, 0.5) is 0 Å². The molecular weight excluding hydrogens is 156 g/mol. The van der Waals surface area contributed by atoms with Crippen LogP contribution in [0.1, 0.15) is 58.3 Å². The Kier molecular flexibility index (Phi) is 1.76. The number of hydrogen-bond donors (Lipinski definition) is 0. The van der Waals surface area contributed by atoms with Gasteiger partial charge >= 0.3 is 0 Å². The molecular formula is C13H22. The molecule has 3 saturated carbocycles. The highest BCUT2D eigenvalue weighted by atomic mass is 14.6. The molecule has 3 aliphatic rings. The maximum absolute atomic E-state index is 2.49. The predicted octanol–water partition coefficient (Wildman–Crippen LogP) is 4.00. The smallest absolute Gasteiger partial charge is 0.0269 e. The zero-order valence-corrected chi connectivity index (χ0v) is 8.89. The van der Waals surface area contributed by atoms with Crippen LogP contribution in [0, 0.1) is 23.2 Å². The van der Waals surface area contributed by atoms with Crippen LogP contribution in [0.2, 0.25) is 0 Å². The first-order valence-corrected chi connectivity index (χ1v) is 6.30.